The monoisotopic (exact) mass is 264 g/mol. The third kappa shape index (κ3) is 2.09. The summed E-state index contributed by atoms with van der Waals surface area (Å²) in [4.78, 5) is 25.7. The summed E-state index contributed by atoms with van der Waals surface area (Å²) in [5.74, 6) is 0.674. The highest BCUT2D eigenvalue weighted by Gasteiger charge is 2.48. The van der Waals surface area contributed by atoms with Crippen molar-refractivity contribution in [3.8, 4) is 0 Å². The van der Waals surface area contributed by atoms with Gasteiger partial charge in [0.25, 0.3) is 0 Å². The van der Waals surface area contributed by atoms with Crippen LogP contribution >= 0.6 is 0 Å². The van der Waals surface area contributed by atoms with E-state index in [-0.39, 0.29) is 36.0 Å². The molecule has 19 heavy (non-hydrogen) atoms. The number of imide groups is 1. The molecule has 0 aromatic rings. The van der Waals surface area contributed by atoms with Gasteiger partial charge in [-0.05, 0) is 38.0 Å². The van der Waals surface area contributed by atoms with Crippen LogP contribution < -0.4 is 5.32 Å². The maximum Gasteiger partial charge on any atom is 0.247 e. The first-order valence-electron chi connectivity index (χ1n) is 7.47. The number of carbonyl (C=O) groups is 2. The lowest BCUT2D eigenvalue weighted by Gasteiger charge is -2.22. The summed E-state index contributed by atoms with van der Waals surface area (Å²) in [7, 11) is 0. The van der Waals surface area contributed by atoms with Crippen LogP contribution in [-0.4, -0.2) is 47.6 Å². The molecule has 5 heteroatoms. The highest BCUT2D eigenvalue weighted by molar-refractivity contribution is 6.06. The van der Waals surface area contributed by atoms with E-state index in [2.05, 4.69) is 5.32 Å². The number of hydrogen-bond donors (Lipinski definition) is 1. The minimum atomic E-state index is -0.305. The van der Waals surface area contributed by atoms with Gasteiger partial charge in [0, 0.05) is 18.7 Å². The van der Waals surface area contributed by atoms with Crippen LogP contribution in [0.3, 0.4) is 0 Å². The first kappa shape index (κ1) is 11.9. The molecule has 3 atom stereocenters. The predicted molar refractivity (Wildman–Crippen MR) is 67.3 cm³/mol. The molecule has 2 heterocycles. The van der Waals surface area contributed by atoms with Gasteiger partial charge in [0.05, 0.1) is 18.6 Å². The summed E-state index contributed by atoms with van der Waals surface area (Å²) in [6.45, 7) is 0.778. The van der Waals surface area contributed by atoms with Crippen molar-refractivity contribution in [3.05, 3.63) is 0 Å². The normalized spacial score (nSPS) is 39.4. The molecular formula is C14H20N2O3. The van der Waals surface area contributed by atoms with Crippen molar-refractivity contribution in [3.63, 3.8) is 0 Å². The predicted octanol–water partition coefficient (Wildman–Crippen LogP) is 0.433. The van der Waals surface area contributed by atoms with Gasteiger partial charge in [0.1, 0.15) is 0 Å². The molecule has 2 saturated carbocycles. The average Bonchev–Trinajstić information content (AvgIpc) is 3.30. The fourth-order valence-electron chi connectivity index (χ4n) is 3.44. The zero-order valence-electron chi connectivity index (χ0n) is 11.0. The molecule has 0 radical (unpaired) electrons. The molecule has 3 unspecified atom stereocenters. The first-order chi connectivity index (χ1) is 9.24. The van der Waals surface area contributed by atoms with E-state index < -0.39 is 0 Å². The summed E-state index contributed by atoms with van der Waals surface area (Å²) >= 11 is 0. The number of rotatable bonds is 4. The van der Waals surface area contributed by atoms with Gasteiger partial charge < -0.3 is 4.74 Å². The van der Waals surface area contributed by atoms with Gasteiger partial charge in [-0.1, -0.05) is 0 Å². The van der Waals surface area contributed by atoms with Crippen LogP contribution in [0.4, 0.5) is 0 Å². The Morgan fingerprint density at radius 3 is 2.58 bits per heavy atom. The lowest BCUT2D eigenvalue weighted by molar-refractivity contribution is -0.139. The molecular weight excluding hydrogens is 244 g/mol. The fraction of sp³-hybridized carbons (Fsp3) is 0.857. The molecule has 0 spiro atoms. The highest BCUT2D eigenvalue weighted by atomic mass is 16.5. The Bertz CT molecular complexity index is 417. The van der Waals surface area contributed by atoms with Crippen LogP contribution in [0.25, 0.3) is 0 Å². The summed E-state index contributed by atoms with van der Waals surface area (Å²) in [6, 6.07) is 0.153. The van der Waals surface area contributed by atoms with Crippen molar-refractivity contribution < 1.29 is 14.3 Å². The lowest BCUT2D eigenvalue weighted by Crippen LogP contribution is -2.47. The van der Waals surface area contributed by atoms with Gasteiger partial charge in [0.2, 0.25) is 11.8 Å². The van der Waals surface area contributed by atoms with Crippen molar-refractivity contribution in [1.29, 1.82) is 0 Å². The Kier molecular flexibility index (Phi) is 2.67. The topological polar surface area (TPSA) is 58.6 Å². The quantitative estimate of drug-likeness (QED) is 0.748. The molecule has 0 aromatic heterocycles. The van der Waals surface area contributed by atoms with E-state index in [0.29, 0.717) is 12.3 Å². The van der Waals surface area contributed by atoms with Crippen LogP contribution in [0, 0.1) is 5.92 Å². The minimum Gasteiger partial charge on any atom is -0.376 e. The van der Waals surface area contributed by atoms with Crippen LogP contribution in [0.1, 0.15) is 38.5 Å². The Morgan fingerprint density at radius 2 is 1.89 bits per heavy atom. The molecule has 2 amide bonds. The molecule has 1 N–H and O–H groups in total. The van der Waals surface area contributed by atoms with Gasteiger partial charge in [0.15, 0.2) is 0 Å². The van der Waals surface area contributed by atoms with Crippen molar-refractivity contribution in [2.45, 2.75) is 62.8 Å². The third-order valence-electron chi connectivity index (χ3n) is 4.73. The molecule has 2 saturated heterocycles. The Labute approximate surface area is 112 Å². The van der Waals surface area contributed by atoms with E-state index in [1.54, 1.807) is 0 Å². The van der Waals surface area contributed by atoms with Crippen molar-refractivity contribution >= 4 is 11.8 Å². The molecule has 4 aliphatic rings. The van der Waals surface area contributed by atoms with Crippen LogP contribution in [0.5, 0.6) is 0 Å². The Morgan fingerprint density at radius 1 is 1.11 bits per heavy atom. The van der Waals surface area contributed by atoms with Gasteiger partial charge in [-0.15, -0.1) is 0 Å². The average molecular weight is 264 g/mol. The zero-order valence-corrected chi connectivity index (χ0v) is 11.0. The van der Waals surface area contributed by atoms with E-state index in [1.165, 1.54) is 17.7 Å². The molecule has 2 aliphatic carbocycles. The second-order valence-electron chi connectivity index (χ2n) is 6.32. The molecule has 4 fully saturated rings. The molecule has 5 nitrogen and oxygen atoms in total. The Balaban J connectivity index is 1.42. The highest BCUT2D eigenvalue weighted by Crippen LogP contribution is 2.39. The molecule has 4 rings (SSSR count). The van der Waals surface area contributed by atoms with E-state index in [0.717, 1.165) is 25.9 Å². The standard InChI is InChI=1S/C14H20N2O3/c17-12-7-11(14(18)16(12)9-3-4-9)15-10-5-6-19-13(10)8-1-2-8/h8-11,13,15H,1-7H2. The van der Waals surface area contributed by atoms with Crippen LogP contribution in [0.2, 0.25) is 0 Å². The minimum absolute atomic E-state index is 0.00560. The van der Waals surface area contributed by atoms with E-state index in [9.17, 15) is 9.59 Å². The summed E-state index contributed by atoms with van der Waals surface area (Å²) in [6.07, 6.45) is 6.02. The SMILES string of the molecule is O=C1CC(NC2CCOC2C2CC2)C(=O)N1C1CC1. The van der Waals surface area contributed by atoms with E-state index in [1.807, 2.05) is 0 Å². The molecule has 0 aromatic carbocycles. The number of nitrogens with one attached hydrogen (secondary N) is 1. The van der Waals surface area contributed by atoms with Crippen LogP contribution in [-0.2, 0) is 14.3 Å². The van der Waals surface area contributed by atoms with E-state index in [4.69, 9.17) is 4.74 Å². The maximum absolute atomic E-state index is 12.3. The number of ether oxygens (including phenoxy) is 1. The number of hydrogen-bond acceptors (Lipinski definition) is 4. The van der Waals surface area contributed by atoms with Crippen LogP contribution in [0.15, 0.2) is 0 Å². The maximum atomic E-state index is 12.3. The lowest BCUT2D eigenvalue weighted by atomic mass is 10.0. The number of nitrogens with zero attached hydrogens (tertiary/aromatic N) is 1. The van der Waals surface area contributed by atoms with Gasteiger partial charge in [-0.2, -0.15) is 0 Å². The van der Waals surface area contributed by atoms with E-state index >= 15 is 0 Å². The smallest absolute Gasteiger partial charge is 0.247 e. The second-order valence-corrected chi connectivity index (χ2v) is 6.32. The van der Waals surface area contributed by atoms with Crippen molar-refractivity contribution in [2.75, 3.05) is 6.61 Å². The van der Waals surface area contributed by atoms with Gasteiger partial charge >= 0.3 is 0 Å². The first-order valence-corrected chi connectivity index (χ1v) is 7.47. The largest absolute Gasteiger partial charge is 0.376 e. The zero-order chi connectivity index (χ0) is 13.0. The third-order valence-corrected chi connectivity index (χ3v) is 4.73. The molecule has 104 valence electrons. The van der Waals surface area contributed by atoms with Gasteiger partial charge in [-0.25, -0.2) is 0 Å². The molecule has 2 aliphatic heterocycles. The second kappa shape index (κ2) is 4.28. The van der Waals surface area contributed by atoms with Crippen molar-refractivity contribution in [1.82, 2.24) is 10.2 Å². The van der Waals surface area contributed by atoms with Crippen molar-refractivity contribution in [2.24, 2.45) is 5.92 Å². The summed E-state index contributed by atoms with van der Waals surface area (Å²) < 4.78 is 5.78. The number of carbonyl (C=O) groups excluding carboxylic acids is 2. The molecule has 0 bridgehead atoms. The summed E-state index contributed by atoms with van der Waals surface area (Å²) in [5, 5.41) is 3.40. The summed E-state index contributed by atoms with van der Waals surface area (Å²) in [5.41, 5.74) is 0. The number of amides is 2. The fourth-order valence-corrected chi connectivity index (χ4v) is 3.44. The Hall–Kier alpha value is -0.940. The van der Waals surface area contributed by atoms with Gasteiger partial charge in [-0.3, -0.25) is 19.8 Å². The number of likely N-dealkylation sites (tertiary alicyclic amines) is 1.